The van der Waals surface area contributed by atoms with Crippen molar-refractivity contribution in [1.29, 1.82) is 0 Å². The number of carbonyl (C=O) groups excluding carboxylic acids is 2. The molecule has 6 heteroatoms. The zero-order valence-corrected chi connectivity index (χ0v) is 17.6. The van der Waals surface area contributed by atoms with E-state index in [0.717, 1.165) is 50.4 Å². The molecule has 0 saturated carbocycles. The Morgan fingerprint density at radius 1 is 0.967 bits per heavy atom. The molecule has 1 atom stereocenters. The van der Waals surface area contributed by atoms with Crippen molar-refractivity contribution in [1.82, 2.24) is 10.2 Å². The minimum absolute atomic E-state index is 0.0599. The van der Waals surface area contributed by atoms with Crippen LogP contribution in [0.5, 0.6) is 0 Å². The molecule has 4 rings (SSSR count). The number of benzene rings is 2. The van der Waals surface area contributed by atoms with Crippen molar-refractivity contribution in [3.8, 4) is 0 Å². The van der Waals surface area contributed by atoms with Crippen LogP contribution in [-0.4, -0.2) is 62.0 Å². The maximum atomic E-state index is 12.8. The van der Waals surface area contributed by atoms with Gasteiger partial charge in [-0.1, -0.05) is 36.4 Å². The lowest BCUT2D eigenvalue weighted by atomic mass is 10.1. The number of hydrogen-bond donors (Lipinski definition) is 1. The second-order valence-electron chi connectivity index (χ2n) is 8.05. The molecule has 158 valence electrons. The molecule has 0 aliphatic carbocycles. The molecule has 1 saturated heterocycles. The van der Waals surface area contributed by atoms with Gasteiger partial charge in [0.15, 0.2) is 0 Å². The van der Waals surface area contributed by atoms with Gasteiger partial charge in [0.25, 0.3) is 0 Å². The predicted octanol–water partition coefficient (Wildman–Crippen LogP) is 2.29. The summed E-state index contributed by atoms with van der Waals surface area (Å²) in [5.74, 6) is -0.147. The molecule has 2 heterocycles. The van der Waals surface area contributed by atoms with Crippen LogP contribution in [0.15, 0.2) is 54.6 Å². The highest BCUT2D eigenvalue weighted by Gasteiger charge is 2.36. The van der Waals surface area contributed by atoms with Gasteiger partial charge in [0.05, 0.1) is 0 Å². The van der Waals surface area contributed by atoms with E-state index in [4.69, 9.17) is 0 Å². The van der Waals surface area contributed by atoms with E-state index in [1.54, 1.807) is 4.90 Å². The fraction of sp³-hybridized carbons (Fsp3) is 0.417. The number of rotatable bonds is 6. The number of nitrogens with zero attached hydrogens (tertiary/aromatic N) is 3. The Morgan fingerprint density at radius 2 is 1.67 bits per heavy atom. The standard InChI is InChI=1S/C24H30N4O2/c1-19(29)28-22-11-6-5-8-20(22)18-23(28)24(30)25-12-7-13-26-14-16-27(17-15-26)21-9-3-2-4-10-21/h2-6,8-11,23H,7,12-18H2,1H3,(H,25,30). The molecule has 2 amide bonds. The summed E-state index contributed by atoms with van der Waals surface area (Å²) >= 11 is 0. The van der Waals surface area contributed by atoms with E-state index >= 15 is 0 Å². The molecule has 0 aromatic heterocycles. The van der Waals surface area contributed by atoms with E-state index in [1.807, 2.05) is 30.3 Å². The third-order valence-corrected chi connectivity index (χ3v) is 6.06. The van der Waals surface area contributed by atoms with Crippen LogP contribution < -0.4 is 15.1 Å². The molecule has 2 aromatic carbocycles. The molecule has 2 aliphatic rings. The van der Waals surface area contributed by atoms with Crippen LogP contribution in [-0.2, 0) is 16.0 Å². The van der Waals surface area contributed by atoms with Crippen LogP contribution in [0.2, 0.25) is 0 Å². The number of carbonyl (C=O) groups is 2. The molecule has 0 bridgehead atoms. The molecule has 2 aliphatic heterocycles. The molecular weight excluding hydrogens is 376 g/mol. The van der Waals surface area contributed by atoms with Crippen LogP contribution >= 0.6 is 0 Å². The largest absolute Gasteiger partial charge is 0.369 e. The first kappa shape index (κ1) is 20.4. The van der Waals surface area contributed by atoms with Gasteiger partial charge in [0.1, 0.15) is 6.04 Å². The average Bonchev–Trinajstić information content (AvgIpc) is 3.18. The quantitative estimate of drug-likeness (QED) is 0.748. The van der Waals surface area contributed by atoms with Gasteiger partial charge in [-0.15, -0.1) is 0 Å². The summed E-state index contributed by atoms with van der Waals surface area (Å²) in [6.45, 7) is 7.28. The van der Waals surface area contributed by atoms with Gasteiger partial charge in [-0.2, -0.15) is 0 Å². The highest BCUT2D eigenvalue weighted by atomic mass is 16.2. The number of amides is 2. The fourth-order valence-corrected chi connectivity index (χ4v) is 4.49. The van der Waals surface area contributed by atoms with Gasteiger partial charge >= 0.3 is 0 Å². The maximum Gasteiger partial charge on any atom is 0.243 e. The molecule has 30 heavy (non-hydrogen) atoms. The molecular formula is C24H30N4O2. The van der Waals surface area contributed by atoms with Crippen molar-refractivity contribution in [3.05, 3.63) is 60.2 Å². The third kappa shape index (κ3) is 4.49. The molecule has 1 fully saturated rings. The van der Waals surface area contributed by atoms with E-state index in [1.165, 1.54) is 12.6 Å². The van der Waals surface area contributed by atoms with E-state index in [9.17, 15) is 9.59 Å². The lowest BCUT2D eigenvalue weighted by molar-refractivity contribution is -0.125. The topological polar surface area (TPSA) is 55.9 Å². The Labute approximate surface area is 178 Å². The lowest BCUT2D eigenvalue weighted by Gasteiger charge is -2.36. The number of fused-ring (bicyclic) bond motifs is 1. The summed E-state index contributed by atoms with van der Waals surface area (Å²) in [6, 6.07) is 17.9. The summed E-state index contributed by atoms with van der Waals surface area (Å²) in [6.07, 6.45) is 1.50. The second-order valence-corrected chi connectivity index (χ2v) is 8.05. The maximum absolute atomic E-state index is 12.8. The lowest BCUT2D eigenvalue weighted by Crippen LogP contribution is -2.48. The molecule has 1 N–H and O–H groups in total. The van der Waals surface area contributed by atoms with Crippen molar-refractivity contribution >= 4 is 23.2 Å². The van der Waals surface area contributed by atoms with Gasteiger partial charge in [-0.3, -0.25) is 19.4 Å². The summed E-state index contributed by atoms with van der Waals surface area (Å²) in [7, 11) is 0. The summed E-state index contributed by atoms with van der Waals surface area (Å²) < 4.78 is 0. The van der Waals surface area contributed by atoms with E-state index in [0.29, 0.717) is 13.0 Å². The van der Waals surface area contributed by atoms with Gasteiger partial charge in [0.2, 0.25) is 11.8 Å². The van der Waals surface area contributed by atoms with Crippen LogP contribution in [0, 0.1) is 0 Å². The number of anilines is 2. The second kappa shape index (κ2) is 9.30. The minimum atomic E-state index is -0.436. The predicted molar refractivity (Wildman–Crippen MR) is 120 cm³/mol. The third-order valence-electron chi connectivity index (χ3n) is 6.06. The Kier molecular flexibility index (Phi) is 6.33. The molecule has 0 radical (unpaired) electrons. The van der Waals surface area contributed by atoms with Crippen molar-refractivity contribution in [2.24, 2.45) is 0 Å². The first-order valence-corrected chi connectivity index (χ1v) is 10.8. The highest BCUT2D eigenvalue weighted by molar-refractivity contribution is 6.02. The van der Waals surface area contributed by atoms with Crippen molar-refractivity contribution < 1.29 is 9.59 Å². The fourth-order valence-electron chi connectivity index (χ4n) is 4.49. The van der Waals surface area contributed by atoms with E-state index < -0.39 is 6.04 Å². The average molecular weight is 407 g/mol. The highest BCUT2D eigenvalue weighted by Crippen LogP contribution is 2.32. The first-order chi connectivity index (χ1) is 14.6. The van der Waals surface area contributed by atoms with Crippen molar-refractivity contribution in [3.63, 3.8) is 0 Å². The first-order valence-electron chi connectivity index (χ1n) is 10.8. The van der Waals surface area contributed by atoms with Crippen LogP contribution in [0.4, 0.5) is 11.4 Å². The Morgan fingerprint density at radius 3 is 2.40 bits per heavy atom. The Bertz CT molecular complexity index is 878. The summed E-state index contributed by atoms with van der Waals surface area (Å²) in [5, 5.41) is 3.05. The van der Waals surface area contributed by atoms with Gasteiger partial charge in [-0.25, -0.2) is 0 Å². The van der Waals surface area contributed by atoms with E-state index in [-0.39, 0.29) is 11.8 Å². The van der Waals surface area contributed by atoms with Gasteiger partial charge in [0, 0.05) is 57.4 Å². The zero-order chi connectivity index (χ0) is 20.9. The minimum Gasteiger partial charge on any atom is -0.369 e. The number of nitrogens with one attached hydrogen (secondary N) is 1. The number of hydrogen-bond acceptors (Lipinski definition) is 4. The van der Waals surface area contributed by atoms with Gasteiger partial charge in [-0.05, 0) is 36.7 Å². The van der Waals surface area contributed by atoms with E-state index in [2.05, 4.69) is 39.4 Å². The van der Waals surface area contributed by atoms with Crippen LogP contribution in [0.1, 0.15) is 18.9 Å². The molecule has 1 unspecified atom stereocenters. The van der Waals surface area contributed by atoms with Crippen molar-refractivity contribution in [2.75, 3.05) is 49.1 Å². The normalized spacial score (nSPS) is 18.9. The molecule has 2 aromatic rings. The molecule has 0 spiro atoms. The van der Waals surface area contributed by atoms with Crippen LogP contribution in [0.25, 0.3) is 0 Å². The summed E-state index contributed by atoms with van der Waals surface area (Å²) in [5.41, 5.74) is 3.21. The van der Waals surface area contributed by atoms with Crippen LogP contribution in [0.3, 0.4) is 0 Å². The van der Waals surface area contributed by atoms with Crippen molar-refractivity contribution in [2.45, 2.75) is 25.8 Å². The zero-order valence-electron chi connectivity index (χ0n) is 17.6. The SMILES string of the molecule is CC(=O)N1c2ccccc2CC1C(=O)NCCCN1CCN(c2ccccc2)CC1. The van der Waals surface area contributed by atoms with Gasteiger partial charge < -0.3 is 10.2 Å². The summed E-state index contributed by atoms with van der Waals surface area (Å²) in [4.78, 5) is 31.4. The number of para-hydroxylation sites is 2. The smallest absolute Gasteiger partial charge is 0.243 e. The Hall–Kier alpha value is -2.86. The Balaban J connectivity index is 1.20. The number of piperazine rings is 1. The monoisotopic (exact) mass is 406 g/mol. The molecule has 6 nitrogen and oxygen atoms in total.